The molecule has 2 N–H and O–H groups in total. The molecule has 312 valence electrons. The molecule has 1 aromatic carbocycles. The quantitative estimate of drug-likeness (QED) is 0.215. The first-order chi connectivity index (χ1) is 26.0. The van der Waals surface area contributed by atoms with Crippen molar-refractivity contribution >= 4 is 35.2 Å². The third-order valence-corrected chi connectivity index (χ3v) is 17.9. The van der Waals surface area contributed by atoms with Crippen molar-refractivity contribution in [1.29, 1.82) is 0 Å². The van der Waals surface area contributed by atoms with E-state index in [1.165, 1.54) is 0 Å². The molecular formula is C47H71ClN2O6. The van der Waals surface area contributed by atoms with Gasteiger partial charge in [-0.1, -0.05) is 72.2 Å². The van der Waals surface area contributed by atoms with Gasteiger partial charge in [-0.15, -0.1) is 0 Å². The standard InChI is InChI=1S/C47H71ClN2O6/c1-28(2)39-32(51)25-47(35(49-10)24-37(52)50(11)27-29-12-14-30(48)15-13-29)23-22-45(8)31(40(39)47)16-17-34-44(7)20-19-36(56-38(53)26-42(3,4)41(54)55)43(5,6)33(44)18-21-46(34,45)9/h12-15,28,31,33-36,39-40,49H,16-27H2,1-11H3,(H,54,55)/t31?,33?,34-,35?,36+,39?,40?,44+,45-,46-,47+/m1/s1. The molecular weight excluding hydrogens is 724 g/mol. The van der Waals surface area contributed by atoms with Crippen LogP contribution in [0.2, 0.25) is 5.02 Å². The number of nitrogens with one attached hydrogen (secondary N) is 1. The first-order valence-electron chi connectivity index (χ1n) is 21.6. The lowest BCUT2D eigenvalue weighted by atomic mass is 9.32. The molecule has 0 bridgehead atoms. The van der Waals surface area contributed by atoms with Gasteiger partial charge in [-0.3, -0.25) is 19.2 Å². The molecule has 0 aromatic heterocycles. The van der Waals surface area contributed by atoms with E-state index in [9.17, 15) is 24.3 Å². The van der Waals surface area contributed by atoms with E-state index in [2.05, 4.69) is 53.8 Å². The Kier molecular flexibility index (Phi) is 11.5. The molecule has 0 aliphatic heterocycles. The molecule has 0 radical (unpaired) electrons. The summed E-state index contributed by atoms with van der Waals surface area (Å²) >= 11 is 6.13. The second kappa shape index (κ2) is 15.0. The van der Waals surface area contributed by atoms with Crippen molar-refractivity contribution in [2.24, 2.45) is 68.0 Å². The van der Waals surface area contributed by atoms with Gasteiger partial charge in [-0.25, -0.2) is 0 Å². The number of ether oxygens (including phenoxy) is 1. The molecule has 5 aliphatic carbocycles. The number of carboxylic acids is 1. The SMILES string of the molecule is CNC(CC(=O)N(C)Cc1ccc(Cl)cc1)[C@@]12CC[C@]3(C)C(CC[C@@H]4[C@@]5(C)CC[C@H](OC(=O)CC(C)(C)C(=O)O)C(C)(C)C5CC[C@]43C)C1C(C(C)C)C(=O)C2. The molecule has 9 heteroatoms. The third-order valence-electron chi connectivity index (χ3n) is 17.7. The Morgan fingerprint density at radius 3 is 2.21 bits per heavy atom. The van der Waals surface area contributed by atoms with Crippen LogP contribution in [-0.2, 0) is 30.5 Å². The molecule has 5 saturated carbocycles. The number of esters is 1. The van der Waals surface area contributed by atoms with Gasteiger partial charge >= 0.3 is 11.9 Å². The summed E-state index contributed by atoms with van der Waals surface area (Å²) in [5.41, 5.74) is -0.458. The number of fused-ring (bicyclic) bond motifs is 7. The Hall–Kier alpha value is -2.45. The number of ketones is 1. The second-order valence-electron chi connectivity index (χ2n) is 21.5. The van der Waals surface area contributed by atoms with Crippen molar-refractivity contribution in [3.05, 3.63) is 34.9 Å². The van der Waals surface area contributed by atoms with Crippen molar-refractivity contribution in [3.63, 3.8) is 0 Å². The van der Waals surface area contributed by atoms with Gasteiger partial charge in [0.15, 0.2) is 0 Å². The molecule has 0 heterocycles. The highest BCUT2D eigenvalue weighted by atomic mass is 35.5. The Balaban J connectivity index is 1.26. The molecule has 8 nitrogen and oxygen atoms in total. The molecule has 11 atom stereocenters. The number of carbonyl (C=O) groups is 4. The van der Waals surface area contributed by atoms with Crippen molar-refractivity contribution in [2.75, 3.05) is 14.1 Å². The number of carboxylic acid groups (broad SMARTS) is 1. The van der Waals surface area contributed by atoms with Crippen molar-refractivity contribution in [1.82, 2.24) is 10.2 Å². The zero-order valence-corrected chi connectivity index (χ0v) is 37.0. The number of halogens is 1. The van der Waals surface area contributed by atoms with Crippen LogP contribution in [0.1, 0.15) is 139 Å². The summed E-state index contributed by atoms with van der Waals surface area (Å²) in [7, 11) is 3.87. The van der Waals surface area contributed by atoms with Gasteiger partial charge in [0.05, 0.1) is 11.8 Å². The predicted octanol–water partition coefficient (Wildman–Crippen LogP) is 9.61. The number of aliphatic carboxylic acids is 1. The topological polar surface area (TPSA) is 113 Å². The van der Waals surface area contributed by atoms with Crippen LogP contribution in [-0.4, -0.2) is 59.9 Å². The van der Waals surface area contributed by atoms with E-state index in [4.69, 9.17) is 16.3 Å². The second-order valence-corrected chi connectivity index (χ2v) is 21.9. The average Bonchev–Trinajstić information content (AvgIpc) is 3.42. The van der Waals surface area contributed by atoms with Gasteiger partial charge in [0, 0.05) is 48.8 Å². The van der Waals surface area contributed by atoms with Crippen LogP contribution in [0.4, 0.5) is 0 Å². The number of hydrogen-bond acceptors (Lipinski definition) is 6. The molecule has 0 saturated heterocycles. The molecule has 1 aromatic rings. The Labute approximate surface area is 342 Å². The van der Waals surface area contributed by atoms with Crippen LogP contribution in [0.3, 0.4) is 0 Å². The molecule has 1 amide bonds. The van der Waals surface area contributed by atoms with E-state index in [-0.39, 0.29) is 69.3 Å². The van der Waals surface area contributed by atoms with E-state index in [0.29, 0.717) is 47.9 Å². The van der Waals surface area contributed by atoms with Crippen LogP contribution >= 0.6 is 11.6 Å². The zero-order valence-electron chi connectivity index (χ0n) is 36.2. The monoisotopic (exact) mass is 795 g/mol. The fourth-order valence-corrected chi connectivity index (χ4v) is 14.7. The smallest absolute Gasteiger partial charge is 0.309 e. The summed E-state index contributed by atoms with van der Waals surface area (Å²) in [6, 6.07) is 7.58. The zero-order chi connectivity index (χ0) is 41.4. The summed E-state index contributed by atoms with van der Waals surface area (Å²) in [6.45, 7) is 20.4. The van der Waals surface area contributed by atoms with E-state index < -0.39 is 17.4 Å². The number of benzene rings is 1. The normalized spacial score (nSPS) is 38.1. The Morgan fingerprint density at radius 1 is 0.946 bits per heavy atom. The van der Waals surface area contributed by atoms with Gasteiger partial charge < -0.3 is 20.1 Å². The summed E-state index contributed by atoms with van der Waals surface area (Å²) in [5.74, 6) is 0.768. The van der Waals surface area contributed by atoms with Gasteiger partial charge in [0.2, 0.25) is 5.91 Å². The highest BCUT2D eigenvalue weighted by Gasteiger charge is 2.73. The number of amides is 1. The van der Waals surface area contributed by atoms with Crippen molar-refractivity contribution < 1.29 is 29.0 Å². The number of rotatable bonds is 11. The minimum absolute atomic E-state index is 0.0142. The maximum atomic E-state index is 14.4. The largest absolute Gasteiger partial charge is 0.481 e. The minimum Gasteiger partial charge on any atom is -0.481 e. The van der Waals surface area contributed by atoms with Gasteiger partial charge in [0.1, 0.15) is 11.9 Å². The maximum Gasteiger partial charge on any atom is 0.309 e. The fraction of sp³-hybridized carbons (Fsp3) is 0.787. The van der Waals surface area contributed by atoms with E-state index in [0.717, 1.165) is 56.9 Å². The van der Waals surface area contributed by atoms with Crippen LogP contribution in [0.5, 0.6) is 0 Å². The molecule has 0 spiro atoms. The van der Waals surface area contributed by atoms with Crippen molar-refractivity contribution in [2.45, 2.75) is 152 Å². The molecule has 5 aliphatic rings. The number of Topliss-reactive ketones (excluding diaryl/α,β-unsaturated/α-hetero) is 1. The minimum atomic E-state index is -1.17. The van der Waals surface area contributed by atoms with E-state index in [1.54, 1.807) is 13.8 Å². The van der Waals surface area contributed by atoms with E-state index in [1.807, 2.05) is 43.3 Å². The Morgan fingerprint density at radius 2 is 1.61 bits per heavy atom. The lowest BCUT2D eigenvalue weighted by Gasteiger charge is -2.73. The highest BCUT2D eigenvalue weighted by Crippen LogP contribution is 2.77. The summed E-state index contributed by atoms with van der Waals surface area (Å²) in [4.78, 5) is 55.1. The van der Waals surface area contributed by atoms with Crippen LogP contribution in [0.25, 0.3) is 0 Å². The summed E-state index contributed by atoms with van der Waals surface area (Å²) < 4.78 is 6.19. The first-order valence-corrected chi connectivity index (χ1v) is 22.0. The summed E-state index contributed by atoms with van der Waals surface area (Å²) in [5, 5.41) is 14.0. The molecule has 5 fully saturated rings. The fourth-order valence-electron chi connectivity index (χ4n) is 14.5. The summed E-state index contributed by atoms with van der Waals surface area (Å²) in [6.07, 6.45) is 8.67. The Bertz CT molecular complexity index is 1690. The van der Waals surface area contributed by atoms with Crippen LogP contribution < -0.4 is 5.32 Å². The number of nitrogens with zero attached hydrogens (tertiary/aromatic N) is 1. The van der Waals surface area contributed by atoms with Crippen LogP contribution in [0, 0.1) is 68.0 Å². The molecule has 5 unspecified atom stereocenters. The predicted molar refractivity (Wildman–Crippen MR) is 221 cm³/mol. The highest BCUT2D eigenvalue weighted by molar-refractivity contribution is 6.30. The van der Waals surface area contributed by atoms with Gasteiger partial charge in [-0.05, 0) is 141 Å². The number of carbonyl (C=O) groups excluding carboxylic acids is 3. The molecule has 56 heavy (non-hydrogen) atoms. The van der Waals surface area contributed by atoms with Gasteiger partial charge in [0.25, 0.3) is 0 Å². The average molecular weight is 796 g/mol. The van der Waals surface area contributed by atoms with Crippen LogP contribution in [0.15, 0.2) is 24.3 Å². The first kappa shape index (κ1) is 43.1. The van der Waals surface area contributed by atoms with Crippen molar-refractivity contribution in [3.8, 4) is 0 Å². The van der Waals surface area contributed by atoms with E-state index >= 15 is 0 Å². The lowest BCUT2D eigenvalue weighted by Crippen LogP contribution is -2.68. The number of hydrogen-bond donors (Lipinski definition) is 2. The third kappa shape index (κ3) is 6.86. The lowest BCUT2D eigenvalue weighted by molar-refractivity contribution is -0.253. The molecule has 6 rings (SSSR count). The maximum absolute atomic E-state index is 14.4. The van der Waals surface area contributed by atoms with Gasteiger partial charge in [-0.2, -0.15) is 0 Å².